The molecule has 31 heavy (non-hydrogen) atoms. The fourth-order valence-corrected chi connectivity index (χ4v) is 3.83. The minimum atomic E-state index is -0.328. The lowest BCUT2D eigenvalue weighted by molar-refractivity contribution is -0.113. The van der Waals surface area contributed by atoms with Crippen LogP contribution in [0.4, 0.5) is 5.69 Å². The lowest BCUT2D eigenvalue weighted by Crippen LogP contribution is -2.28. The van der Waals surface area contributed by atoms with E-state index in [1.54, 1.807) is 10.6 Å². The van der Waals surface area contributed by atoms with Gasteiger partial charge in [0.2, 0.25) is 5.91 Å². The van der Waals surface area contributed by atoms with Crippen molar-refractivity contribution >= 4 is 29.3 Å². The first-order chi connectivity index (χ1) is 14.9. The average molecular weight is 438 g/mol. The van der Waals surface area contributed by atoms with Crippen LogP contribution in [0, 0.1) is 6.92 Å². The molecule has 2 N–H and O–H groups in total. The molecule has 7 nitrogen and oxygen atoms in total. The number of benzene rings is 2. The van der Waals surface area contributed by atoms with E-state index in [9.17, 15) is 9.59 Å². The van der Waals surface area contributed by atoms with E-state index in [0.717, 1.165) is 17.7 Å². The predicted octanol–water partition coefficient (Wildman–Crippen LogP) is 3.91. The van der Waals surface area contributed by atoms with Gasteiger partial charge in [-0.1, -0.05) is 48.5 Å². The summed E-state index contributed by atoms with van der Waals surface area (Å²) in [5.41, 5.74) is 3.63. The molecule has 0 spiro atoms. The molecule has 1 heterocycles. The summed E-state index contributed by atoms with van der Waals surface area (Å²) in [6.07, 6.45) is 0.961. The number of nitrogens with one attached hydrogen (secondary N) is 2. The maximum atomic E-state index is 12.5. The number of amides is 2. The van der Waals surface area contributed by atoms with Crippen molar-refractivity contribution < 1.29 is 9.59 Å². The van der Waals surface area contributed by atoms with E-state index in [1.165, 1.54) is 17.3 Å². The van der Waals surface area contributed by atoms with Gasteiger partial charge in [-0.05, 0) is 50.1 Å². The van der Waals surface area contributed by atoms with E-state index in [4.69, 9.17) is 0 Å². The van der Waals surface area contributed by atoms with Crippen molar-refractivity contribution in [1.29, 1.82) is 0 Å². The third-order valence-corrected chi connectivity index (χ3v) is 5.88. The number of aromatic nitrogens is 3. The summed E-state index contributed by atoms with van der Waals surface area (Å²) in [6.45, 7) is 5.90. The van der Waals surface area contributed by atoms with Gasteiger partial charge in [-0.25, -0.2) is 0 Å². The monoisotopic (exact) mass is 437 g/mol. The van der Waals surface area contributed by atoms with Gasteiger partial charge in [0.1, 0.15) is 0 Å². The summed E-state index contributed by atoms with van der Waals surface area (Å²) in [5, 5.41) is 14.8. The Balaban J connectivity index is 1.56. The average Bonchev–Trinajstić information content (AvgIpc) is 3.13. The van der Waals surface area contributed by atoms with Crippen molar-refractivity contribution in [2.24, 2.45) is 7.05 Å². The Hall–Kier alpha value is -3.13. The molecule has 162 valence electrons. The number of carbonyl (C=O) groups is 2. The molecule has 0 radical (unpaired) electrons. The number of aryl methyl sites for hydroxylation is 2. The van der Waals surface area contributed by atoms with E-state index >= 15 is 0 Å². The number of rotatable bonds is 8. The minimum absolute atomic E-state index is 0.111. The van der Waals surface area contributed by atoms with E-state index < -0.39 is 0 Å². The van der Waals surface area contributed by atoms with Gasteiger partial charge in [0.05, 0.1) is 11.8 Å². The number of nitrogens with zero attached hydrogens (tertiary/aromatic N) is 3. The van der Waals surface area contributed by atoms with Crippen molar-refractivity contribution in [3.05, 3.63) is 71.0 Å². The first-order valence-corrected chi connectivity index (χ1v) is 11.1. The zero-order valence-electron chi connectivity index (χ0n) is 18.2. The Morgan fingerprint density at radius 3 is 2.55 bits per heavy atom. The maximum Gasteiger partial charge on any atom is 0.251 e. The van der Waals surface area contributed by atoms with E-state index in [2.05, 4.69) is 27.8 Å². The summed E-state index contributed by atoms with van der Waals surface area (Å²) in [4.78, 5) is 24.8. The Bertz CT molecular complexity index is 1060. The van der Waals surface area contributed by atoms with Gasteiger partial charge in [0.25, 0.3) is 5.91 Å². The second-order valence-corrected chi connectivity index (χ2v) is 8.29. The molecule has 0 saturated heterocycles. The van der Waals surface area contributed by atoms with Crippen LogP contribution in [-0.2, 0) is 18.3 Å². The van der Waals surface area contributed by atoms with Crippen molar-refractivity contribution in [2.75, 3.05) is 11.1 Å². The summed E-state index contributed by atoms with van der Waals surface area (Å²) in [7, 11) is 1.83. The lowest BCUT2D eigenvalue weighted by atomic mass is 10.1. The first kappa shape index (κ1) is 22.6. The van der Waals surface area contributed by atoms with Crippen LogP contribution in [0.2, 0.25) is 0 Å². The van der Waals surface area contributed by atoms with Crippen LogP contribution in [0.15, 0.2) is 53.7 Å². The zero-order valence-corrected chi connectivity index (χ0v) is 19.0. The zero-order chi connectivity index (χ0) is 22.4. The molecule has 1 atom stereocenters. The Morgan fingerprint density at radius 2 is 1.87 bits per heavy atom. The number of anilines is 1. The highest BCUT2D eigenvalue weighted by molar-refractivity contribution is 7.99. The van der Waals surface area contributed by atoms with Crippen LogP contribution in [0.25, 0.3) is 0 Å². The van der Waals surface area contributed by atoms with Gasteiger partial charge in [-0.15, -0.1) is 10.2 Å². The highest BCUT2D eigenvalue weighted by Crippen LogP contribution is 2.20. The van der Waals surface area contributed by atoms with Gasteiger partial charge in [0, 0.05) is 18.3 Å². The number of hydrogen-bond donors (Lipinski definition) is 2. The normalized spacial score (nSPS) is 11.7. The van der Waals surface area contributed by atoms with Crippen LogP contribution in [0.1, 0.15) is 47.2 Å². The molecule has 0 aliphatic heterocycles. The molecule has 0 saturated carbocycles. The molecule has 0 unspecified atom stereocenters. The van der Waals surface area contributed by atoms with Gasteiger partial charge in [-0.2, -0.15) is 0 Å². The van der Waals surface area contributed by atoms with Crippen LogP contribution < -0.4 is 10.6 Å². The van der Waals surface area contributed by atoms with E-state index in [-0.39, 0.29) is 23.6 Å². The molecule has 2 aromatic carbocycles. The number of carbonyl (C=O) groups excluding carboxylic acids is 2. The maximum absolute atomic E-state index is 12.5. The smallest absolute Gasteiger partial charge is 0.251 e. The first-order valence-electron chi connectivity index (χ1n) is 10.2. The van der Waals surface area contributed by atoms with Crippen LogP contribution in [0.5, 0.6) is 0 Å². The number of thioether (sulfide) groups is 1. The van der Waals surface area contributed by atoms with Crippen molar-refractivity contribution in [1.82, 2.24) is 20.1 Å². The van der Waals surface area contributed by atoms with Crippen LogP contribution in [0.3, 0.4) is 0 Å². The number of hydrogen-bond acceptors (Lipinski definition) is 5. The largest absolute Gasteiger partial charge is 0.342 e. The minimum Gasteiger partial charge on any atom is -0.342 e. The molecule has 1 aromatic heterocycles. The van der Waals surface area contributed by atoms with Crippen molar-refractivity contribution in [3.63, 3.8) is 0 Å². The SMILES string of the molecule is CCc1ccc(NC(=O)CSc2nnc([C@@H](C)NC(=O)c3cccc(C)c3)n2C)cc1. The topological polar surface area (TPSA) is 88.9 Å². The molecule has 0 bridgehead atoms. The lowest BCUT2D eigenvalue weighted by Gasteiger charge is -2.14. The van der Waals surface area contributed by atoms with Gasteiger partial charge in [-0.3, -0.25) is 9.59 Å². The molecular formula is C23H27N5O2S. The van der Waals surface area contributed by atoms with Crippen LogP contribution >= 0.6 is 11.8 Å². The summed E-state index contributed by atoms with van der Waals surface area (Å²) >= 11 is 1.30. The highest BCUT2D eigenvalue weighted by atomic mass is 32.2. The molecule has 2 amide bonds. The molecule has 8 heteroatoms. The third kappa shape index (κ3) is 5.95. The van der Waals surface area contributed by atoms with E-state index in [0.29, 0.717) is 16.5 Å². The quantitative estimate of drug-likeness (QED) is 0.522. The summed E-state index contributed by atoms with van der Waals surface area (Å²) < 4.78 is 1.80. The summed E-state index contributed by atoms with van der Waals surface area (Å²) in [5.74, 6) is 0.562. The second kappa shape index (κ2) is 10.3. The second-order valence-electron chi connectivity index (χ2n) is 7.35. The molecule has 0 aliphatic rings. The van der Waals surface area contributed by atoms with Gasteiger partial charge >= 0.3 is 0 Å². The summed E-state index contributed by atoms with van der Waals surface area (Å²) in [6, 6.07) is 14.9. The standard InChI is InChI=1S/C23H27N5O2S/c1-5-17-9-11-19(12-10-17)25-20(29)14-31-23-27-26-21(28(23)4)16(3)24-22(30)18-8-6-7-15(2)13-18/h6-13,16H,5,14H2,1-4H3,(H,24,30)(H,25,29)/t16-/m1/s1. The van der Waals surface area contributed by atoms with Gasteiger partial charge in [0.15, 0.2) is 11.0 Å². The molecule has 3 rings (SSSR count). The highest BCUT2D eigenvalue weighted by Gasteiger charge is 2.19. The Morgan fingerprint density at radius 1 is 1.13 bits per heavy atom. The van der Waals surface area contributed by atoms with Crippen LogP contribution in [-0.4, -0.2) is 32.3 Å². The van der Waals surface area contributed by atoms with Crippen molar-refractivity contribution in [3.8, 4) is 0 Å². The Labute approximate surface area is 186 Å². The molecule has 0 aliphatic carbocycles. The molecular weight excluding hydrogens is 410 g/mol. The predicted molar refractivity (Wildman–Crippen MR) is 123 cm³/mol. The van der Waals surface area contributed by atoms with Crippen molar-refractivity contribution in [2.45, 2.75) is 38.4 Å². The fraction of sp³-hybridized carbons (Fsp3) is 0.304. The van der Waals surface area contributed by atoms with E-state index in [1.807, 2.05) is 63.4 Å². The Kier molecular flexibility index (Phi) is 7.46. The molecule has 0 fully saturated rings. The fourth-order valence-electron chi connectivity index (χ4n) is 3.11. The van der Waals surface area contributed by atoms with Gasteiger partial charge < -0.3 is 15.2 Å². The molecule has 3 aromatic rings. The third-order valence-electron chi connectivity index (χ3n) is 4.86.